The number of carbonyl (C=O) groups is 1. The van der Waals surface area contributed by atoms with E-state index in [1.165, 1.54) is 0 Å². The molecule has 0 fully saturated rings. The summed E-state index contributed by atoms with van der Waals surface area (Å²) < 4.78 is 5.27. The molecule has 6 heteroatoms. The Bertz CT molecular complexity index is 646. The second-order valence-electron chi connectivity index (χ2n) is 4.87. The predicted octanol–water partition coefficient (Wildman–Crippen LogP) is 2.76. The Morgan fingerprint density at radius 3 is 2.82 bits per heavy atom. The number of hydrogen-bond acceptors (Lipinski definition) is 5. The summed E-state index contributed by atoms with van der Waals surface area (Å²) in [6, 6.07) is 9.14. The zero-order valence-corrected chi connectivity index (χ0v) is 13.0. The number of aromatic nitrogens is 2. The molecule has 2 aromatic rings. The number of para-hydroxylation sites is 2. The molecule has 1 atom stereocenters. The average molecular weight is 300 g/mol. The van der Waals surface area contributed by atoms with Crippen molar-refractivity contribution in [1.82, 2.24) is 15.3 Å². The van der Waals surface area contributed by atoms with Crippen LogP contribution in [0.25, 0.3) is 0 Å². The molecule has 1 amide bonds. The molecule has 2 rings (SSSR count). The van der Waals surface area contributed by atoms with E-state index in [0.29, 0.717) is 17.4 Å². The van der Waals surface area contributed by atoms with E-state index in [1.54, 1.807) is 19.4 Å². The van der Waals surface area contributed by atoms with Gasteiger partial charge in [0.25, 0.3) is 5.91 Å². The summed E-state index contributed by atoms with van der Waals surface area (Å²) in [6.07, 6.45) is 2.42. The summed E-state index contributed by atoms with van der Waals surface area (Å²) in [4.78, 5) is 20.5. The first kappa shape index (κ1) is 15.8. The first-order valence-electron chi connectivity index (χ1n) is 7.18. The maximum atomic E-state index is 12.1. The van der Waals surface area contributed by atoms with Gasteiger partial charge < -0.3 is 15.4 Å². The Labute approximate surface area is 129 Å². The minimum Gasteiger partial charge on any atom is -0.495 e. The van der Waals surface area contributed by atoms with Crippen molar-refractivity contribution in [2.45, 2.75) is 26.3 Å². The van der Waals surface area contributed by atoms with Gasteiger partial charge >= 0.3 is 0 Å². The Morgan fingerprint density at radius 1 is 1.32 bits per heavy atom. The minimum atomic E-state index is -0.208. The molecule has 1 unspecified atom stereocenters. The number of hydrogen-bond donors (Lipinski definition) is 2. The van der Waals surface area contributed by atoms with Gasteiger partial charge in [0.05, 0.1) is 12.8 Å². The van der Waals surface area contributed by atoms with E-state index in [4.69, 9.17) is 4.74 Å². The molecule has 0 aliphatic carbocycles. The summed E-state index contributed by atoms with van der Waals surface area (Å²) in [5.74, 6) is 0.821. The fraction of sp³-hybridized carbons (Fsp3) is 0.312. The van der Waals surface area contributed by atoms with Gasteiger partial charge in [-0.1, -0.05) is 19.1 Å². The van der Waals surface area contributed by atoms with Crippen LogP contribution in [0.15, 0.2) is 36.5 Å². The molecule has 0 radical (unpaired) electrons. The maximum Gasteiger partial charge on any atom is 0.270 e. The van der Waals surface area contributed by atoms with Crippen LogP contribution in [0.2, 0.25) is 0 Å². The fourth-order valence-electron chi connectivity index (χ4n) is 1.81. The van der Waals surface area contributed by atoms with Gasteiger partial charge in [0.2, 0.25) is 5.95 Å². The third kappa shape index (κ3) is 3.94. The van der Waals surface area contributed by atoms with Crippen LogP contribution in [0.1, 0.15) is 30.8 Å². The standard InChI is InChI=1S/C16H20N4O2/c1-4-11(2)18-15(21)13-9-10-17-16(20-13)19-12-7-5-6-8-14(12)22-3/h5-11H,4H2,1-3H3,(H,18,21)(H,17,19,20). The van der Waals surface area contributed by atoms with E-state index in [2.05, 4.69) is 20.6 Å². The molecule has 0 saturated heterocycles. The normalized spacial score (nSPS) is 11.6. The third-order valence-corrected chi connectivity index (χ3v) is 3.23. The molecule has 0 aliphatic rings. The van der Waals surface area contributed by atoms with Crippen molar-refractivity contribution in [2.75, 3.05) is 12.4 Å². The van der Waals surface area contributed by atoms with Crippen LogP contribution in [0.5, 0.6) is 5.75 Å². The monoisotopic (exact) mass is 300 g/mol. The summed E-state index contributed by atoms with van der Waals surface area (Å²) in [5, 5.41) is 5.94. The van der Waals surface area contributed by atoms with E-state index < -0.39 is 0 Å². The zero-order valence-electron chi connectivity index (χ0n) is 13.0. The van der Waals surface area contributed by atoms with Crippen LogP contribution in [-0.2, 0) is 0 Å². The van der Waals surface area contributed by atoms with Crippen molar-refractivity contribution in [1.29, 1.82) is 0 Å². The highest BCUT2D eigenvalue weighted by atomic mass is 16.5. The van der Waals surface area contributed by atoms with Crippen molar-refractivity contribution in [3.63, 3.8) is 0 Å². The van der Waals surface area contributed by atoms with Crippen LogP contribution in [0.3, 0.4) is 0 Å². The van der Waals surface area contributed by atoms with E-state index in [0.717, 1.165) is 12.1 Å². The number of rotatable bonds is 6. The van der Waals surface area contributed by atoms with Crippen LogP contribution in [0, 0.1) is 0 Å². The third-order valence-electron chi connectivity index (χ3n) is 3.23. The van der Waals surface area contributed by atoms with Crippen molar-refractivity contribution >= 4 is 17.5 Å². The molecule has 0 saturated carbocycles. The molecule has 0 aliphatic heterocycles. The lowest BCUT2D eigenvalue weighted by atomic mass is 10.2. The lowest BCUT2D eigenvalue weighted by Crippen LogP contribution is -2.32. The van der Waals surface area contributed by atoms with Crippen molar-refractivity contribution in [3.05, 3.63) is 42.2 Å². The SMILES string of the molecule is CCC(C)NC(=O)c1ccnc(Nc2ccccc2OC)n1. The number of ether oxygens (including phenoxy) is 1. The number of benzene rings is 1. The number of amides is 1. The molecule has 22 heavy (non-hydrogen) atoms. The Morgan fingerprint density at radius 2 is 2.09 bits per heavy atom. The fourth-order valence-corrected chi connectivity index (χ4v) is 1.81. The second kappa shape index (κ2) is 7.40. The molecular weight excluding hydrogens is 280 g/mol. The second-order valence-corrected chi connectivity index (χ2v) is 4.87. The number of carbonyl (C=O) groups excluding carboxylic acids is 1. The highest BCUT2D eigenvalue weighted by molar-refractivity contribution is 5.92. The first-order valence-corrected chi connectivity index (χ1v) is 7.18. The van der Waals surface area contributed by atoms with Crippen LogP contribution in [-0.4, -0.2) is 29.0 Å². The topological polar surface area (TPSA) is 76.1 Å². The smallest absolute Gasteiger partial charge is 0.270 e. The molecule has 2 N–H and O–H groups in total. The summed E-state index contributed by atoms with van der Waals surface area (Å²) in [5.41, 5.74) is 1.07. The Hall–Kier alpha value is -2.63. The molecule has 1 aromatic heterocycles. The Kier molecular flexibility index (Phi) is 5.30. The average Bonchev–Trinajstić information content (AvgIpc) is 2.55. The molecule has 0 spiro atoms. The number of nitrogens with one attached hydrogen (secondary N) is 2. The number of methoxy groups -OCH3 is 1. The first-order chi connectivity index (χ1) is 10.6. The van der Waals surface area contributed by atoms with E-state index in [9.17, 15) is 4.79 Å². The molecular formula is C16H20N4O2. The highest BCUT2D eigenvalue weighted by Crippen LogP contribution is 2.25. The Balaban J connectivity index is 2.16. The van der Waals surface area contributed by atoms with Gasteiger partial charge in [0.1, 0.15) is 11.4 Å². The molecule has 116 valence electrons. The van der Waals surface area contributed by atoms with Crippen molar-refractivity contribution in [2.24, 2.45) is 0 Å². The van der Waals surface area contributed by atoms with Gasteiger partial charge in [-0.2, -0.15) is 0 Å². The molecule has 6 nitrogen and oxygen atoms in total. The number of nitrogens with zero attached hydrogens (tertiary/aromatic N) is 2. The lowest BCUT2D eigenvalue weighted by Gasteiger charge is -2.12. The van der Waals surface area contributed by atoms with Crippen LogP contribution in [0.4, 0.5) is 11.6 Å². The van der Waals surface area contributed by atoms with E-state index in [1.807, 2.05) is 38.1 Å². The highest BCUT2D eigenvalue weighted by Gasteiger charge is 2.11. The van der Waals surface area contributed by atoms with E-state index >= 15 is 0 Å². The molecule has 1 heterocycles. The summed E-state index contributed by atoms with van der Waals surface area (Å²) in [6.45, 7) is 3.96. The summed E-state index contributed by atoms with van der Waals surface area (Å²) >= 11 is 0. The van der Waals surface area contributed by atoms with Gasteiger partial charge in [-0.25, -0.2) is 9.97 Å². The van der Waals surface area contributed by atoms with E-state index in [-0.39, 0.29) is 11.9 Å². The predicted molar refractivity (Wildman–Crippen MR) is 85.5 cm³/mol. The zero-order chi connectivity index (χ0) is 15.9. The van der Waals surface area contributed by atoms with Crippen molar-refractivity contribution in [3.8, 4) is 5.75 Å². The van der Waals surface area contributed by atoms with Gasteiger partial charge in [-0.05, 0) is 31.5 Å². The lowest BCUT2D eigenvalue weighted by molar-refractivity contribution is 0.0934. The quantitative estimate of drug-likeness (QED) is 0.858. The van der Waals surface area contributed by atoms with Crippen LogP contribution >= 0.6 is 0 Å². The van der Waals surface area contributed by atoms with Gasteiger partial charge in [-0.3, -0.25) is 4.79 Å². The van der Waals surface area contributed by atoms with Crippen molar-refractivity contribution < 1.29 is 9.53 Å². The van der Waals surface area contributed by atoms with Gasteiger partial charge in [0, 0.05) is 12.2 Å². The summed E-state index contributed by atoms with van der Waals surface area (Å²) in [7, 11) is 1.59. The van der Waals surface area contributed by atoms with Gasteiger partial charge in [0.15, 0.2) is 0 Å². The van der Waals surface area contributed by atoms with Crippen LogP contribution < -0.4 is 15.4 Å². The largest absolute Gasteiger partial charge is 0.495 e. The molecule has 0 bridgehead atoms. The number of anilines is 2. The minimum absolute atomic E-state index is 0.105. The molecule has 1 aromatic carbocycles. The van der Waals surface area contributed by atoms with Gasteiger partial charge in [-0.15, -0.1) is 0 Å². The maximum absolute atomic E-state index is 12.1.